The predicted octanol–water partition coefficient (Wildman–Crippen LogP) is 14.2. The van der Waals surface area contributed by atoms with E-state index in [1.807, 2.05) is 60.8 Å². The minimum Gasteiger partial charge on any atom is -0.454 e. The molecule has 8 unspecified atom stereocenters. The summed E-state index contributed by atoms with van der Waals surface area (Å²) in [6, 6.07) is -1.05. The lowest BCUT2D eigenvalue weighted by atomic mass is 9.99. The van der Waals surface area contributed by atoms with Crippen molar-refractivity contribution in [1.82, 2.24) is 5.32 Å². The van der Waals surface area contributed by atoms with Gasteiger partial charge in [-0.05, 0) is 70.6 Å². The summed E-state index contributed by atoms with van der Waals surface area (Å²) in [5.74, 6) is -1.24. The van der Waals surface area contributed by atoms with Crippen molar-refractivity contribution in [3.8, 4) is 0 Å². The van der Waals surface area contributed by atoms with E-state index in [4.69, 9.17) is 14.2 Å². The summed E-state index contributed by atoms with van der Waals surface area (Å²) in [6.45, 7) is 5.60. The molecule has 1 fully saturated rings. The van der Waals surface area contributed by atoms with Crippen LogP contribution in [0.15, 0.2) is 85.1 Å². The molecular weight excluding hydrogens is 943 g/mol. The third kappa shape index (κ3) is 39.8. The molecule has 0 radical (unpaired) electrons. The van der Waals surface area contributed by atoms with Gasteiger partial charge in [-0.15, -0.1) is 0 Å². The van der Waals surface area contributed by atoms with Crippen molar-refractivity contribution in [2.75, 3.05) is 13.2 Å². The molecule has 6 N–H and O–H groups in total. The molecule has 432 valence electrons. The molecule has 11 heteroatoms. The second kappa shape index (κ2) is 51.6. The van der Waals surface area contributed by atoms with Crippen LogP contribution >= 0.6 is 0 Å². The number of carbonyl (C=O) groups excluding carboxylic acids is 2. The molecule has 1 aliphatic rings. The number of amides is 1. The Balaban J connectivity index is 2.67. The van der Waals surface area contributed by atoms with Crippen molar-refractivity contribution in [2.45, 2.75) is 294 Å². The van der Waals surface area contributed by atoms with Crippen molar-refractivity contribution < 1.29 is 49.3 Å². The van der Waals surface area contributed by atoms with Crippen LogP contribution in [0.1, 0.15) is 245 Å². The highest BCUT2D eigenvalue weighted by Crippen LogP contribution is 2.26. The molecule has 0 aromatic heterocycles. The minimum absolute atomic E-state index is 0.114. The smallest absolute Gasteiger partial charge is 0.306 e. The Bertz CT molecular complexity index is 1540. The number of esters is 1. The van der Waals surface area contributed by atoms with E-state index in [9.17, 15) is 35.1 Å². The van der Waals surface area contributed by atoms with E-state index in [1.165, 1.54) is 135 Å². The summed E-state index contributed by atoms with van der Waals surface area (Å²) in [4.78, 5) is 26.5. The van der Waals surface area contributed by atoms with Gasteiger partial charge in [0.2, 0.25) is 5.91 Å². The number of hydrogen-bond donors (Lipinski definition) is 6. The number of allylic oxidation sites excluding steroid dienone is 13. The molecule has 1 aliphatic heterocycles. The largest absolute Gasteiger partial charge is 0.454 e. The van der Waals surface area contributed by atoms with Crippen LogP contribution in [0.25, 0.3) is 0 Å². The summed E-state index contributed by atoms with van der Waals surface area (Å²) in [5, 5.41) is 56.8. The molecule has 0 aliphatic carbocycles. The Kier molecular flexibility index (Phi) is 48.0. The van der Waals surface area contributed by atoms with Crippen molar-refractivity contribution in [3.05, 3.63) is 85.1 Å². The highest BCUT2D eigenvalue weighted by atomic mass is 16.7. The highest BCUT2D eigenvalue weighted by Gasteiger charge is 2.47. The number of aliphatic hydroxyl groups is 5. The molecule has 0 aromatic carbocycles. The molecule has 11 nitrogen and oxygen atoms in total. The maximum Gasteiger partial charge on any atom is 0.306 e. The monoisotopic (exact) mass is 1050 g/mol. The van der Waals surface area contributed by atoms with Gasteiger partial charge in [0.05, 0.1) is 25.4 Å². The van der Waals surface area contributed by atoms with Gasteiger partial charge in [0.15, 0.2) is 12.4 Å². The van der Waals surface area contributed by atoms with E-state index >= 15 is 0 Å². The van der Waals surface area contributed by atoms with Gasteiger partial charge in [-0.3, -0.25) is 9.59 Å². The van der Waals surface area contributed by atoms with E-state index in [0.717, 1.165) is 64.2 Å². The molecule has 0 spiro atoms. The summed E-state index contributed by atoms with van der Waals surface area (Å²) >= 11 is 0. The van der Waals surface area contributed by atoms with Crippen LogP contribution < -0.4 is 5.32 Å². The van der Waals surface area contributed by atoms with Crippen LogP contribution in [0, 0.1) is 0 Å². The average molecular weight is 1050 g/mol. The van der Waals surface area contributed by atoms with Crippen molar-refractivity contribution in [1.29, 1.82) is 0 Å². The van der Waals surface area contributed by atoms with Gasteiger partial charge in [0, 0.05) is 6.42 Å². The van der Waals surface area contributed by atoms with Gasteiger partial charge in [0.1, 0.15) is 24.4 Å². The lowest BCUT2D eigenvalue weighted by Gasteiger charge is -2.41. The molecule has 0 saturated carbocycles. The summed E-state index contributed by atoms with van der Waals surface area (Å²) in [6.07, 6.45) is 56.3. The second-order valence-corrected chi connectivity index (χ2v) is 20.8. The first kappa shape index (κ1) is 69.9. The first-order valence-electron chi connectivity index (χ1n) is 30.4. The van der Waals surface area contributed by atoms with Gasteiger partial charge in [-0.1, -0.05) is 254 Å². The van der Waals surface area contributed by atoms with Gasteiger partial charge in [0.25, 0.3) is 0 Å². The molecule has 0 aromatic rings. The van der Waals surface area contributed by atoms with Crippen LogP contribution in [-0.4, -0.2) is 99.6 Å². The SMILES string of the molecule is CC/C=C/C=C/C=C\C=C/C=C/CCCCC(O)C(=O)NC(COC1OC(CO)C(O)C(O)C1OC(=O)CCCCCCCCCCCCC/C=C/CCCCCCCC)C(O)/C=C/CCCCCCCCCCC. The number of aliphatic hydroxyl groups excluding tert-OH is 5. The third-order valence-corrected chi connectivity index (χ3v) is 13.9. The lowest BCUT2D eigenvalue weighted by molar-refractivity contribution is -0.305. The maximum atomic E-state index is 13.4. The standard InChI is InChI=1S/C64H111NO10/c1-4-7-10-13-16-19-22-24-26-27-28-29-30-31-32-34-37-40-43-46-49-52-59(69)75-62-61(71)60(70)58(53-66)74-64(62)73-54-55(56(67)50-47-44-41-38-35-21-18-15-12-9-6-3)65-63(72)57(68)51-48-45-42-39-36-33-25-23-20-17-14-11-8-5-2/h8,11,14,17,20,23-26,33,36,39,47,50,55-58,60-62,64,66-68,70-71H,4-7,9-10,12-13,15-16,18-19,21-22,27-32,34-35,37-38,40-46,48-49,51-54H2,1-3H3,(H,65,72)/b11-8+,17-14+,23-20-,26-24+,33-25-,39-36+,50-47+. The zero-order valence-electron chi connectivity index (χ0n) is 47.6. The Morgan fingerprint density at radius 1 is 0.533 bits per heavy atom. The fourth-order valence-corrected chi connectivity index (χ4v) is 9.08. The number of nitrogens with one attached hydrogen (secondary N) is 1. The predicted molar refractivity (Wildman–Crippen MR) is 310 cm³/mol. The molecule has 1 saturated heterocycles. The normalized spacial score (nSPS) is 19.8. The molecule has 75 heavy (non-hydrogen) atoms. The van der Waals surface area contributed by atoms with Crippen molar-refractivity contribution in [3.63, 3.8) is 0 Å². The lowest BCUT2D eigenvalue weighted by Crippen LogP contribution is -2.61. The van der Waals surface area contributed by atoms with Crippen LogP contribution in [0.2, 0.25) is 0 Å². The first-order valence-corrected chi connectivity index (χ1v) is 30.4. The Morgan fingerprint density at radius 3 is 1.48 bits per heavy atom. The first-order chi connectivity index (χ1) is 36.7. The number of carbonyl (C=O) groups is 2. The maximum absolute atomic E-state index is 13.4. The van der Waals surface area contributed by atoms with Gasteiger partial charge < -0.3 is 45.1 Å². The summed E-state index contributed by atoms with van der Waals surface area (Å²) in [5.41, 5.74) is 0. The highest BCUT2D eigenvalue weighted by molar-refractivity contribution is 5.80. The second-order valence-electron chi connectivity index (χ2n) is 20.8. The van der Waals surface area contributed by atoms with Crippen molar-refractivity contribution >= 4 is 11.9 Å². The van der Waals surface area contributed by atoms with E-state index in [0.29, 0.717) is 12.8 Å². The molecule has 8 atom stereocenters. The molecular formula is C64H111NO10. The Morgan fingerprint density at radius 2 is 0.973 bits per heavy atom. The van der Waals surface area contributed by atoms with Crippen LogP contribution in [-0.2, 0) is 23.8 Å². The summed E-state index contributed by atoms with van der Waals surface area (Å²) < 4.78 is 17.6. The van der Waals surface area contributed by atoms with E-state index in [1.54, 1.807) is 6.08 Å². The molecule has 1 rings (SSSR count). The number of rotatable bonds is 50. The van der Waals surface area contributed by atoms with Gasteiger partial charge in [-0.25, -0.2) is 0 Å². The van der Waals surface area contributed by atoms with E-state index < -0.39 is 67.4 Å². The van der Waals surface area contributed by atoms with Gasteiger partial charge >= 0.3 is 5.97 Å². The number of ether oxygens (including phenoxy) is 3. The zero-order chi connectivity index (χ0) is 54.7. The Hall–Kier alpha value is -3.16. The number of hydrogen-bond acceptors (Lipinski definition) is 10. The molecule has 0 bridgehead atoms. The van der Waals surface area contributed by atoms with E-state index in [-0.39, 0.29) is 19.4 Å². The average Bonchev–Trinajstić information content (AvgIpc) is 3.41. The Labute approximate surface area is 457 Å². The third-order valence-electron chi connectivity index (χ3n) is 13.9. The topological polar surface area (TPSA) is 175 Å². The van der Waals surface area contributed by atoms with Crippen molar-refractivity contribution in [2.24, 2.45) is 0 Å². The van der Waals surface area contributed by atoms with Gasteiger partial charge in [-0.2, -0.15) is 0 Å². The fraction of sp³-hybridized carbons (Fsp3) is 0.750. The summed E-state index contributed by atoms with van der Waals surface area (Å²) in [7, 11) is 0. The van der Waals surface area contributed by atoms with Crippen LogP contribution in [0.5, 0.6) is 0 Å². The minimum atomic E-state index is -1.62. The van der Waals surface area contributed by atoms with Crippen LogP contribution in [0.4, 0.5) is 0 Å². The molecule has 1 amide bonds. The quantitative estimate of drug-likeness (QED) is 0.0149. The van der Waals surface area contributed by atoms with Crippen LogP contribution in [0.3, 0.4) is 0 Å². The van der Waals surface area contributed by atoms with E-state index in [2.05, 4.69) is 44.3 Å². The molecule has 1 heterocycles. The number of unbranched alkanes of at least 4 members (excludes halogenated alkanes) is 28. The zero-order valence-corrected chi connectivity index (χ0v) is 47.6. The fourth-order valence-electron chi connectivity index (χ4n) is 9.08.